The van der Waals surface area contributed by atoms with Gasteiger partial charge in [0.05, 0.1) is 10.0 Å². The Morgan fingerprint density at radius 1 is 1.33 bits per heavy atom. The molecule has 2 N–H and O–H groups in total. The first kappa shape index (κ1) is 11.1. The Kier molecular flexibility index (Phi) is 3.73. The normalized spacial score (nSPS) is 20.5. The van der Waals surface area contributed by atoms with Crippen molar-refractivity contribution >= 4 is 28.9 Å². The average Bonchev–Trinajstić information content (AvgIpc) is 2.73. The minimum absolute atomic E-state index is 0.583. The molecule has 0 aliphatic carbocycles. The molecule has 15 heavy (non-hydrogen) atoms. The summed E-state index contributed by atoms with van der Waals surface area (Å²) in [7, 11) is 0. The third-order valence-corrected chi connectivity index (χ3v) is 3.37. The number of hydrogen-bond acceptors (Lipinski definition) is 2. The first-order chi connectivity index (χ1) is 7.25. The topological polar surface area (TPSA) is 24.1 Å². The maximum atomic E-state index is 5.92. The van der Waals surface area contributed by atoms with Crippen molar-refractivity contribution in [1.29, 1.82) is 0 Å². The molecule has 2 nitrogen and oxygen atoms in total. The Morgan fingerprint density at radius 3 is 2.87 bits per heavy atom. The molecule has 0 unspecified atom stereocenters. The van der Waals surface area contributed by atoms with Crippen molar-refractivity contribution in [2.24, 2.45) is 0 Å². The lowest BCUT2D eigenvalue weighted by Gasteiger charge is -2.12. The van der Waals surface area contributed by atoms with Crippen LogP contribution in [0.4, 0.5) is 5.69 Å². The van der Waals surface area contributed by atoms with Gasteiger partial charge in [-0.25, -0.2) is 0 Å². The lowest BCUT2D eigenvalue weighted by Crippen LogP contribution is -2.29. The van der Waals surface area contributed by atoms with Gasteiger partial charge in [0.25, 0.3) is 0 Å². The highest BCUT2D eigenvalue weighted by Gasteiger charge is 2.13. The van der Waals surface area contributed by atoms with Crippen LogP contribution >= 0.6 is 23.2 Å². The molecule has 0 bridgehead atoms. The van der Waals surface area contributed by atoms with Crippen molar-refractivity contribution in [3.05, 3.63) is 28.2 Å². The van der Waals surface area contributed by atoms with E-state index in [1.165, 1.54) is 12.8 Å². The van der Waals surface area contributed by atoms with Gasteiger partial charge in [-0.05, 0) is 37.6 Å². The van der Waals surface area contributed by atoms with E-state index in [-0.39, 0.29) is 0 Å². The van der Waals surface area contributed by atoms with Crippen molar-refractivity contribution in [1.82, 2.24) is 5.32 Å². The second kappa shape index (κ2) is 5.06. The Hall–Kier alpha value is -0.440. The molecule has 0 radical (unpaired) electrons. The summed E-state index contributed by atoms with van der Waals surface area (Å²) in [6, 6.07) is 6.20. The van der Waals surface area contributed by atoms with Crippen LogP contribution in [0, 0.1) is 0 Å². The molecule has 1 heterocycles. The minimum Gasteiger partial charge on any atom is -0.383 e. The highest BCUT2D eigenvalue weighted by Crippen LogP contribution is 2.25. The lowest BCUT2D eigenvalue weighted by molar-refractivity contribution is 0.633. The summed E-state index contributed by atoms with van der Waals surface area (Å²) in [6.45, 7) is 2.08. The highest BCUT2D eigenvalue weighted by molar-refractivity contribution is 6.42. The van der Waals surface area contributed by atoms with E-state index in [9.17, 15) is 0 Å². The zero-order valence-electron chi connectivity index (χ0n) is 8.39. The van der Waals surface area contributed by atoms with Crippen LogP contribution in [-0.2, 0) is 0 Å². The quantitative estimate of drug-likeness (QED) is 0.854. The second-order valence-electron chi connectivity index (χ2n) is 3.80. The average molecular weight is 245 g/mol. The molecule has 2 rings (SSSR count). The van der Waals surface area contributed by atoms with Gasteiger partial charge in [0, 0.05) is 18.3 Å². The van der Waals surface area contributed by atoms with Crippen molar-refractivity contribution in [3.63, 3.8) is 0 Å². The fraction of sp³-hybridized carbons (Fsp3) is 0.455. The number of halogens is 2. The second-order valence-corrected chi connectivity index (χ2v) is 4.62. The maximum absolute atomic E-state index is 5.92. The zero-order valence-corrected chi connectivity index (χ0v) is 9.91. The summed E-state index contributed by atoms with van der Waals surface area (Å²) in [5, 5.41) is 7.98. The predicted molar refractivity (Wildman–Crippen MR) is 66.0 cm³/mol. The summed E-state index contributed by atoms with van der Waals surface area (Å²) in [5.41, 5.74) is 1.03. The van der Waals surface area contributed by atoms with Crippen LogP contribution in [-0.4, -0.2) is 19.1 Å². The van der Waals surface area contributed by atoms with Crippen molar-refractivity contribution in [2.45, 2.75) is 18.9 Å². The summed E-state index contributed by atoms with van der Waals surface area (Å²) >= 11 is 11.8. The van der Waals surface area contributed by atoms with Gasteiger partial charge >= 0.3 is 0 Å². The number of hydrogen-bond donors (Lipinski definition) is 2. The Labute approximate surface area is 100.0 Å². The SMILES string of the molecule is Clc1ccc(NC[C@H]2CCCN2)cc1Cl. The number of nitrogens with one attached hydrogen (secondary N) is 2. The van der Waals surface area contributed by atoms with Crippen LogP contribution in [0.1, 0.15) is 12.8 Å². The van der Waals surface area contributed by atoms with Gasteiger partial charge in [-0.2, -0.15) is 0 Å². The van der Waals surface area contributed by atoms with E-state index in [1.54, 1.807) is 0 Å². The van der Waals surface area contributed by atoms with Gasteiger partial charge < -0.3 is 10.6 Å². The van der Waals surface area contributed by atoms with Crippen LogP contribution in [0.25, 0.3) is 0 Å². The highest BCUT2D eigenvalue weighted by atomic mass is 35.5. The maximum Gasteiger partial charge on any atom is 0.0612 e. The lowest BCUT2D eigenvalue weighted by atomic mass is 10.2. The van der Waals surface area contributed by atoms with E-state index in [1.807, 2.05) is 18.2 Å². The smallest absolute Gasteiger partial charge is 0.0612 e. The molecule has 0 saturated carbocycles. The molecule has 1 fully saturated rings. The van der Waals surface area contributed by atoms with E-state index < -0.39 is 0 Å². The Balaban J connectivity index is 1.90. The Bertz CT molecular complexity index is 335. The Morgan fingerprint density at radius 2 is 2.20 bits per heavy atom. The summed E-state index contributed by atoms with van der Waals surface area (Å²) in [6.07, 6.45) is 2.52. The zero-order chi connectivity index (χ0) is 10.7. The van der Waals surface area contributed by atoms with E-state index in [0.29, 0.717) is 16.1 Å². The summed E-state index contributed by atoms with van der Waals surface area (Å²) in [5.74, 6) is 0. The fourth-order valence-corrected chi connectivity index (χ4v) is 2.08. The van der Waals surface area contributed by atoms with Gasteiger partial charge in [-0.1, -0.05) is 23.2 Å². The molecular formula is C11H14Cl2N2. The third-order valence-electron chi connectivity index (χ3n) is 2.63. The van der Waals surface area contributed by atoms with Gasteiger partial charge in [-0.15, -0.1) is 0 Å². The number of anilines is 1. The molecule has 1 saturated heterocycles. The molecule has 82 valence electrons. The molecule has 1 aromatic carbocycles. The molecule has 1 aliphatic heterocycles. The largest absolute Gasteiger partial charge is 0.383 e. The van der Waals surface area contributed by atoms with E-state index in [4.69, 9.17) is 23.2 Å². The van der Waals surface area contributed by atoms with Gasteiger partial charge in [-0.3, -0.25) is 0 Å². The van der Waals surface area contributed by atoms with Crippen LogP contribution in [0.15, 0.2) is 18.2 Å². The van der Waals surface area contributed by atoms with Crippen LogP contribution in [0.5, 0.6) is 0 Å². The fourth-order valence-electron chi connectivity index (χ4n) is 1.78. The van der Waals surface area contributed by atoms with Gasteiger partial charge in [0.1, 0.15) is 0 Å². The molecule has 1 aromatic rings. The van der Waals surface area contributed by atoms with E-state index >= 15 is 0 Å². The summed E-state index contributed by atoms with van der Waals surface area (Å²) in [4.78, 5) is 0. The predicted octanol–water partition coefficient (Wildman–Crippen LogP) is 3.16. The molecule has 1 atom stereocenters. The van der Waals surface area contributed by atoms with Crippen LogP contribution < -0.4 is 10.6 Å². The number of benzene rings is 1. The van der Waals surface area contributed by atoms with E-state index in [2.05, 4.69) is 10.6 Å². The van der Waals surface area contributed by atoms with E-state index in [0.717, 1.165) is 18.8 Å². The molecule has 4 heteroatoms. The van der Waals surface area contributed by atoms with Crippen molar-refractivity contribution in [3.8, 4) is 0 Å². The minimum atomic E-state index is 0.583. The molecule has 0 amide bonds. The first-order valence-electron chi connectivity index (χ1n) is 5.18. The van der Waals surface area contributed by atoms with Crippen LogP contribution in [0.3, 0.4) is 0 Å². The third kappa shape index (κ3) is 3.00. The summed E-state index contributed by atoms with van der Waals surface area (Å²) < 4.78 is 0. The molecule has 1 aliphatic rings. The molecule has 0 spiro atoms. The van der Waals surface area contributed by atoms with Crippen LogP contribution in [0.2, 0.25) is 10.0 Å². The van der Waals surface area contributed by atoms with Gasteiger partial charge in [0.15, 0.2) is 0 Å². The number of rotatable bonds is 3. The monoisotopic (exact) mass is 244 g/mol. The van der Waals surface area contributed by atoms with Crippen molar-refractivity contribution in [2.75, 3.05) is 18.4 Å². The van der Waals surface area contributed by atoms with Gasteiger partial charge in [0.2, 0.25) is 0 Å². The standard InChI is InChI=1S/C11H14Cl2N2/c12-10-4-3-8(6-11(10)13)15-7-9-2-1-5-14-9/h3-4,6,9,14-15H,1-2,5,7H2/t9-/m1/s1. The molecule has 0 aromatic heterocycles. The van der Waals surface area contributed by atoms with Crippen molar-refractivity contribution < 1.29 is 0 Å². The molecular weight excluding hydrogens is 231 g/mol. The first-order valence-corrected chi connectivity index (χ1v) is 5.93.